The average molecular weight is 644 g/mol. The van der Waals surface area contributed by atoms with E-state index >= 15 is 0 Å². The van der Waals surface area contributed by atoms with E-state index in [9.17, 15) is 14.4 Å². The van der Waals surface area contributed by atoms with Crippen molar-refractivity contribution in [3.8, 4) is 11.3 Å². The summed E-state index contributed by atoms with van der Waals surface area (Å²) in [6.07, 6.45) is 14.4. The summed E-state index contributed by atoms with van der Waals surface area (Å²) in [4.78, 5) is 39.5. The summed E-state index contributed by atoms with van der Waals surface area (Å²) in [7, 11) is 0. The molecule has 7 rings (SSSR count). The summed E-state index contributed by atoms with van der Waals surface area (Å²) in [6, 6.07) is 22.3. The van der Waals surface area contributed by atoms with E-state index in [2.05, 4.69) is 51.6 Å². The van der Waals surface area contributed by atoms with Gasteiger partial charge in [-0.1, -0.05) is 74.6 Å². The van der Waals surface area contributed by atoms with E-state index in [0.29, 0.717) is 36.6 Å². The number of benzene rings is 3. The molecule has 0 atom stereocenters. The number of anilines is 1. The first-order chi connectivity index (χ1) is 23.5. The molecule has 2 saturated carbocycles. The number of hydrogen-bond acceptors (Lipinski definition) is 4. The van der Waals surface area contributed by atoms with E-state index in [0.717, 1.165) is 43.3 Å². The number of nitrogens with one attached hydrogen (secondary N) is 2. The second-order valence-corrected chi connectivity index (χ2v) is 13.6. The molecule has 3 aliphatic rings. The van der Waals surface area contributed by atoms with Gasteiger partial charge in [-0.05, 0) is 98.4 Å². The Balaban J connectivity index is 1.16. The molecule has 7 heteroatoms. The van der Waals surface area contributed by atoms with Crippen LogP contribution < -0.4 is 10.6 Å². The van der Waals surface area contributed by atoms with Crippen LogP contribution in [-0.2, 0) is 27.3 Å². The maximum Gasteiger partial charge on any atom is 0.330 e. The van der Waals surface area contributed by atoms with E-state index in [4.69, 9.17) is 4.74 Å². The Labute approximate surface area is 282 Å². The quantitative estimate of drug-likeness (QED) is 0.149. The number of rotatable bonds is 8. The Morgan fingerprint density at radius 2 is 1.69 bits per heavy atom. The van der Waals surface area contributed by atoms with Crippen molar-refractivity contribution >= 4 is 40.4 Å². The molecule has 2 N–H and O–H groups in total. The van der Waals surface area contributed by atoms with Crippen LogP contribution in [0.25, 0.3) is 28.2 Å². The number of esters is 1. The SMILES string of the molecule is CCOC(=O)/C=C/c1ccc(NC(=O)C2(NC(=O)c3ccc4c(C5CCCCC5)c5n(c4c3)CCCc3ccccc3-5)CCCC2)cc1. The van der Waals surface area contributed by atoms with Crippen molar-refractivity contribution in [2.45, 2.75) is 95.6 Å². The minimum absolute atomic E-state index is 0.197. The van der Waals surface area contributed by atoms with Crippen LogP contribution in [-0.4, -0.2) is 34.5 Å². The van der Waals surface area contributed by atoms with E-state index in [1.165, 1.54) is 66.0 Å². The Hall–Kier alpha value is -4.65. The second kappa shape index (κ2) is 13.8. The van der Waals surface area contributed by atoms with Crippen molar-refractivity contribution < 1.29 is 19.1 Å². The Kier molecular flexibility index (Phi) is 9.20. The average Bonchev–Trinajstić information content (AvgIpc) is 3.66. The molecule has 2 aliphatic carbocycles. The van der Waals surface area contributed by atoms with Crippen molar-refractivity contribution in [2.24, 2.45) is 0 Å². The summed E-state index contributed by atoms with van der Waals surface area (Å²) in [5.74, 6) is -0.277. The first-order valence-corrected chi connectivity index (χ1v) is 17.8. The molecule has 4 aromatic rings. The van der Waals surface area contributed by atoms with Gasteiger partial charge in [-0.2, -0.15) is 0 Å². The summed E-state index contributed by atoms with van der Waals surface area (Å²) in [5, 5.41) is 7.51. The number of fused-ring (bicyclic) bond motifs is 5. The predicted octanol–water partition coefficient (Wildman–Crippen LogP) is 8.56. The predicted molar refractivity (Wildman–Crippen MR) is 191 cm³/mol. The highest BCUT2D eigenvalue weighted by molar-refractivity contribution is 6.06. The molecule has 0 bridgehead atoms. The van der Waals surface area contributed by atoms with Gasteiger partial charge in [0.2, 0.25) is 5.91 Å². The maximum absolute atomic E-state index is 14.0. The van der Waals surface area contributed by atoms with Gasteiger partial charge in [0.05, 0.1) is 12.3 Å². The van der Waals surface area contributed by atoms with E-state index in [1.807, 2.05) is 30.3 Å². The fraction of sp³-hybridized carbons (Fsp3) is 0.390. The van der Waals surface area contributed by atoms with Crippen molar-refractivity contribution in [3.05, 3.63) is 95.1 Å². The van der Waals surface area contributed by atoms with Gasteiger partial charge in [0.25, 0.3) is 5.91 Å². The topological polar surface area (TPSA) is 89.4 Å². The molecule has 0 saturated heterocycles. The molecule has 3 aromatic carbocycles. The van der Waals surface area contributed by atoms with Gasteiger partial charge in [-0.15, -0.1) is 0 Å². The smallest absolute Gasteiger partial charge is 0.330 e. The molecule has 0 radical (unpaired) electrons. The summed E-state index contributed by atoms with van der Waals surface area (Å²) in [5.41, 5.74) is 7.74. The molecule has 2 heterocycles. The zero-order chi connectivity index (χ0) is 33.1. The number of aryl methyl sites for hydroxylation is 2. The van der Waals surface area contributed by atoms with Crippen molar-refractivity contribution in [1.29, 1.82) is 0 Å². The number of amides is 2. The summed E-state index contributed by atoms with van der Waals surface area (Å²) in [6.45, 7) is 3.01. The van der Waals surface area contributed by atoms with Crippen LogP contribution in [0, 0.1) is 0 Å². The number of nitrogens with zero attached hydrogens (tertiary/aromatic N) is 1. The van der Waals surface area contributed by atoms with Crippen LogP contribution in [0.3, 0.4) is 0 Å². The van der Waals surface area contributed by atoms with Gasteiger partial charge >= 0.3 is 5.97 Å². The van der Waals surface area contributed by atoms with Crippen molar-refractivity contribution in [3.63, 3.8) is 0 Å². The van der Waals surface area contributed by atoms with Gasteiger partial charge in [0, 0.05) is 40.3 Å². The fourth-order valence-electron chi connectivity index (χ4n) is 8.20. The molecule has 248 valence electrons. The van der Waals surface area contributed by atoms with Gasteiger partial charge < -0.3 is 19.9 Å². The third-order valence-electron chi connectivity index (χ3n) is 10.6. The standard InChI is InChI=1S/C41H45N3O4/c1-2-48-36(45)23-18-28-16-20-32(21-17-28)42-40(47)41(24-8-9-25-41)43-39(46)31-19-22-34-35(27-31)44-26-10-14-29-11-6-7-15-33(29)38(44)37(34)30-12-4-3-5-13-30/h6-7,11,15-23,27,30H,2-5,8-10,12-14,24-26H2,1H3,(H,42,47)(H,43,46)/b23-18+. The van der Waals surface area contributed by atoms with Crippen LogP contribution in [0.4, 0.5) is 5.69 Å². The molecule has 0 spiro atoms. The zero-order valence-electron chi connectivity index (χ0n) is 27.9. The molecular formula is C41H45N3O4. The number of carbonyl (C=O) groups excluding carboxylic acids is 3. The third-order valence-corrected chi connectivity index (χ3v) is 10.6. The molecule has 2 fully saturated rings. The lowest BCUT2D eigenvalue weighted by Gasteiger charge is -2.29. The molecular weight excluding hydrogens is 598 g/mol. The normalized spacial score (nSPS) is 17.4. The Bertz CT molecular complexity index is 1860. The lowest BCUT2D eigenvalue weighted by Crippen LogP contribution is -2.55. The van der Waals surface area contributed by atoms with Crippen molar-refractivity contribution in [1.82, 2.24) is 9.88 Å². The monoisotopic (exact) mass is 643 g/mol. The highest BCUT2D eigenvalue weighted by Gasteiger charge is 2.43. The number of ether oxygens (including phenoxy) is 1. The molecule has 1 aromatic heterocycles. The second-order valence-electron chi connectivity index (χ2n) is 13.6. The fourth-order valence-corrected chi connectivity index (χ4v) is 8.20. The number of hydrogen-bond donors (Lipinski definition) is 2. The van der Waals surface area contributed by atoms with Gasteiger partial charge in [-0.25, -0.2) is 4.79 Å². The third kappa shape index (κ3) is 6.30. The zero-order valence-corrected chi connectivity index (χ0v) is 27.9. The van der Waals surface area contributed by atoms with E-state index in [-0.39, 0.29) is 11.8 Å². The van der Waals surface area contributed by atoms with E-state index < -0.39 is 11.5 Å². The highest BCUT2D eigenvalue weighted by Crippen LogP contribution is 2.46. The van der Waals surface area contributed by atoms with Gasteiger partial charge in [-0.3, -0.25) is 9.59 Å². The first-order valence-electron chi connectivity index (χ1n) is 17.8. The minimum atomic E-state index is -0.975. The Morgan fingerprint density at radius 3 is 2.46 bits per heavy atom. The van der Waals surface area contributed by atoms with Crippen LogP contribution >= 0.6 is 0 Å². The molecule has 7 nitrogen and oxygen atoms in total. The van der Waals surface area contributed by atoms with Crippen LogP contribution in [0.2, 0.25) is 0 Å². The lowest BCUT2D eigenvalue weighted by atomic mass is 9.81. The van der Waals surface area contributed by atoms with Crippen molar-refractivity contribution in [2.75, 3.05) is 11.9 Å². The van der Waals surface area contributed by atoms with Crippen LogP contribution in [0.1, 0.15) is 104 Å². The highest BCUT2D eigenvalue weighted by atomic mass is 16.5. The van der Waals surface area contributed by atoms with Gasteiger partial charge in [0.15, 0.2) is 0 Å². The van der Waals surface area contributed by atoms with E-state index in [1.54, 1.807) is 13.0 Å². The molecule has 0 unspecified atom stereocenters. The Morgan fingerprint density at radius 1 is 0.917 bits per heavy atom. The minimum Gasteiger partial charge on any atom is -0.463 e. The molecule has 2 amide bonds. The molecule has 1 aliphatic heterocycles. The number of aromatic nitrogens is 1. The lowest BCUT2D eigenvalue weighted by molar-refractivity contribution is -0.137. The molecule has 48 heavy (non-hydrogen) atoms. The summed E-state index contributed by atoms with van der Waals surface area (Å²) >= 11 is 0. The first kappa shape index (κ1) is 31.9. The maximum atomic E-state index is 14.0. The summed E-state index contributed by atoms with van der Waals surface area (Å²) < 4.78 is 7.42. The largest absolute Gasteiger partial charge is 0.463 e. The van der Waals surface area contributed by atoms with Crippen LogP contribution in [0.15, 0.2) is 72.8 Å². The van der Waals surface area contributed by atoms with Gasteiger partial charge in [0.1, 0.15) is 5.54 Å². The number of carbonyl (C=O) groups is 3. The van der Waals surface area contributed by atoms with Crippen LogP contribution in [0.5, 0.6) is 0 Å².